The Morgan fingerprint density at radius 3 is 1.73 bits per heavy atom. The Hall–Kier alpha value is -8.11. The first-order chi connectivity index (χ1) is 39.2. The van der Waals surface area contributed by atoms with Crippen LogP contribution < -0.4 is 13.9 Å². The highest BCUT2D eigenvalue weighted by Crippen LogP contribution is 2.52. The zero-order valence-electron chi connectivity index (χ0n) is 51.9. The minimum absolute atomic E-state index is 0.0311. The lowest BCUT2D eigenvalue weighted by molar-refractivity contribution is 0.332. The number of para-hydroxylation sites is 3. The maximum Gasteiger partial charge on any atom is 0.503 e. The summed E-state index contributed by atoms with van der Waals surface area (Å²) in [7, 11) is 0. The molecule has 12 rings (SSSR count). The second kappa shape index (κ2) is 19.8. The molecule has 5 nitrogen and oxygen atoms in total. The van der Waals surface area contributed by atoms with E-state index in [0.29, 0.717) is 0 Å². The van der Waals surface area contributed by atoms with Gasteiger partial charge in [-0.05, 0) is 153 Å². The van der Waals surface area contributed by atoms with E-state index >= 15 is 0 Å². The topological polar surface area (TPSA) is 33.1 Å². The number of pyridine rings is 1. The summed E-state index contributed by atoms with van der Waals surface area (Å²) >= 11 is 0. The molecule has 0 saturated heterocycles. The Balaban J connectivity index is 0.999. The monoisotopic (exact) mass is 1090 g/mol. The van der Waals surface area contributed by atoms with E-state index in [-0.39, 0.29) is 32.5 Å². The number of aromatic nitrogens is 2. The van der Waals surface area contributed by atoms with E-state index < -0.39 is 0 Å². The Labute approximate surface area is 493 Å². The smallest absolute Gasteiger partial charge is 0.457 e. The zero-order chi connectivity index (χ0) is 58.8. The Morgan fingerprint density at radius 2 is 1.06 bits per heavy atom. The lowest BCUT2D eigenvalue weighted by Gasteiger charge is -2.43. The van der Waals surface area contributed by atoms with Crippen molar-refractivity contribution in [2.24, 2.45) is 0 Å². The standard InChI is InChI=1S/C78H82N4O/c1-73(2,3)52-35-38-66-62(44-52)60-37-36-57(46-69(60)82(66)70-47-65(76(10,11)12)63(48-79-70)61-31-24-32-64-71(61)78(15,16)40-39-77(64,13)14)83-56-28-22-27-55(45-56)80-49-81(68-34-21-20-33-67(68)80)72-58(50-25-18-17-19-26-50)29-23-30-59(72)51-41-53(74(4,5)6)43-54(42-51)75(7,8)9/h17-38,41-48H,39-40H2,1-16H3/q+2. The normalized spacial score (nSPS) is 15.0. The van der Waals surface area contributed by atoms with Crippen LogP contribution in [0.4, 0.5) is 22.7 Å². The molecule has 83 heavy (non-hydrogen) atoms. The summed E-state index contributed by atoms with van der Waals surface area (Å²) in [6, 6.07) is 68.6. The molecule has 8 aromatic carbocycles. The Morgan fingerprint density at radius 1 is 0.458 bits per heavy atom. The van der Waals surface area contributed by atoms with Gasteiger partial charge in [0.1, 0.15) is 17.3 Å². The van der Waals surface area contributed by atoms with Crippen LogP contribution >= 0.6 is 0 Å². The van der Waals surface area contributed by atoms with E-state index in [1.807, 2.05) is 0 Å². The fourth-order valence-corrected chi connectivity index (χ4v) is 12.9. The van der Waals surface area contributed by atoms with Gasteiger partial charge in [-0.25, -0.2) is 4.98 Å². The van der Waals surface area contributed by atoms with Gasteiger partial charge in [0.2, 0.25) is 11.4 Å². The van der Waals surface area contributed by atoms with Gasteiger partial charge in [-0.15, -0.1) is 0 Å². The van der Waals surface area contributed by atoms with Crippen LogP contribution in [0.2, 0.25) is 0 Å². The van der Waals surface area contributed by atoms with Gasteiger partial charge in [-0.1, -0.05) is 208 Å². The molecule has 2 aromatic heterocycles. The fourth-order valence-electron chi connectivity index (χ4n) is 12.9. The van der Waals surface area contributed by atoms with Crippen molar-refractivity contribution in [3.8, 4) is 50.7 Å². The lowest BCUT2D eigenvalue weighted by Crippen LogP contribution is -2.34. The average Bonchev–Trinajstić information content (AvgIpc) is 2.06. The SMILES string of the molecule is CC(C)(C)c1cc(-c2cccc(-c3ccccc3)c2[N+]2=C=[N+](c3cccc(Oc4ccc5c6cc(C(C)(C)C)ccc6n(-c6cc(C(C)(C)C)c(-c7cccc8c7C(C)(C)CCC8(C)C)cn6)c5c4)c3)c3ccccc32)cc(C(C)(C)C)c1. The molecule has 0 radical (unpaired) electrons. The summed E-state index contributed by atoms with van der Waals surface area (Å²) in [6.07, 6.45) is 4.48. The lowest BCUT2D eigenvalue weighted by atomic mass is 9.61. The quantitative estimate of drug-likeness (QED) is 0.142. The number of fused-ring (bicyclic) bond motifs is 5. The maximum atomic E-state index is 7.02. The number of benzene rings is 8. The first-order valence-corrected chi connectivity index (χ1v) is 30.0. The molecule has 10 aromatic rings. The minimum Gasteiger partial charge on any atom is -0.457 e. The molecule has 1 aliphatic carbocycles. The molecule has 418 valence electrons. The van der Waals surface area contributed by atoms with E-state index in [1.165, 1.54) is 61.9 Å². The van der Waals surface area contributed by atoms with Crippen LogP contribution in [-0.4, -0.2) is 15.6 Å². The highest BCUT2D eigenvalue weighted by Gasteiger charge is 2.41. The van der Waals surface area contributed by atoms with Crippen molar-refractivity contribution in [1.29, 1.82) is 0 Å². The van der Waals surface area contributed by atoms with Gasteiger partial charge in [0, 0.05) is 46.8 Å². The van der Waals surface area contributed by atoms with Crippen LogP contribution in [0, 0.1) is 0 Å². The van der Waals surface area contributed by atoms with Crippen LogP contribution in [0.25, 0.3) is 61.0 Å². The second-order valence-electron chi connectivity index (χ2n) is 29.1. The predicted octanol–water partition coefficient (Wildman–Crippen LogP) is 21.4. The minimum atomic E-state index is -0.176. The number of rotatable bonds is 8. The Kier molecular flexibility index (Phi) is 13.2. The molecule has 0 N–H and O–H groups in total. The van der Waals surface area contributed by atoms with Gasteiger partial charge in [-0.3, -0.25) is 4.57 Å². The molecular formula is C78H82N4O+2. The number of ether oxygens (including phenoxy) is 1. The van der Waals surface area contributed by atoms with Crippen LogP contribution in [0.3, 0.4) is 0 Å². The van der Waals surface area contributed by atoms with Gasteiger partial charge in [-0.2, -0.15) is 0 Å². The Bertz CT molecular complexity index is 4270. The van der Waals surface area contributed by atoms with Gasteiger partial charge in [0.05, 0.1) is 28.2 Å². The molecule has 3 heterocycles. The molecule has 0 saturated carbocycles. The average molecular weight is 1090 g/mol. The highest BCUT2D eigenvalue weighted by molar-refractivity contribution is 6.10. The molecule has 0 spiro atoms. The van der Waals surface area contributed by atoms with Crippen molar-refractivity contribution in [2.75, 3.05) is 0 Å². The van der Waals surface area contributed by atoms with Crippen molar-refractivity contribution >= 4 is 50.6 Å². The van der Waals surface area contributed by atoms with E-state index in [1.54, 1.807) is 0 Å². The van der Waals surface area contributed by atoms with E-state index in [4.69, 9.17) is 9.72 Å². The summed E-state index contributed by atoms with van der Waals surface area (Å²) < 4.78 is 13.8. The first kappa shape index (κ1) is 55.4. The molecule has 2 aliphatic rings. The van der Waals surface area contributed by atoms with Gasteiger partial charge in [0.25, 0.3) is 11.4 Å². The van der Waals surface area contributed by atoms with Crippen molar-refractivity contribution < 1.29 is 4.74 Å². The number of hydrogen-bond donors (Lipinski definition) is 0. The van der Waals surface area contributed by atoms with Crippen LogP contribution in [-0.2, 0) is 32.5 Å². The fraction of sp³-hybridized carbons (Fsp3) is 0.308. The number of hydrogen-bond acceptors (Lipinski definition) is 2. The van der Waals surface area contributed by atoms with Crippen molar-refractivity contribution in [2.45, 2.75) is 156 Å². The second-order valence-corrected chi connectivity index (χ2v) is 29.1. The third-order valence-corrected chi connectivity index (χ3v) is 17.9. The van der Waals surface area contributed by atoms with Gasteiger partial charge < -0.3 is 4.74 Å². The molecule has 0 unspecified atom stereocenters. The van der Waals surface area contributed by atoms with Crippen molar-refractivity contribution in [3.05, 3.63) is 216 Å². The molecule has 5 heteroatoms. The largest absolute Gasteiger partial charge is 0.503 e. The maximum absolute atomic E-state index is 7.02. The number of nitrogens with zero attached hydrogens (tertiary/aromatic N) is 4. The summed E-state index contributed by atoms with van der Waals surface area (Å²) in [5.41, 5.74) is 21.3. The zero-order valence-corrected chi connectivity index (χ0v) is 51.9. The summed E-state index contributed by atoms with van der Waals surface area (Å²) in [6.45, 7) is 37.4. The third-order valence-electron chi connectivity index (χ3n) is 17.9. The summed E-state index contributed by atoms with van der Waals surface area (Å²) in [5.74, 6) is 2.36. The molecule has 0 fully saturated rings. The van der Waals surface area contributed by atoms with E-state index in [9.17, 15) is 0 Å². The third kappa shape index (κ3) is 10.1. The molecule has 0 bridgehead atoms. The highest BCUT2D eigenvalue weighted by atomic mass is 16.5. The van der Waals surface area contributed by atoms with Crippen LogP contribution in [0.15, 0.2) is 182 Å². The van der Waals surface area contributed by atoms with Crippen LogP contribution in [0.5, 0.6) is 11.5 Å². The summed E-state index contributed by atoms with van der Waals surface area (Å²) in [5, 5.41) is 2.35. The van der Waals surface area contributed by atoms with E-state index in [2.05, 4.69) is 313 Å². The van der Waals surface area contributed by atoms with Gasteiger partial charge in [0.15, 0.2) is 0 Å². The van der Waals surface area contributed by atoms with E-state index in [0.717, 1.165) is 79.6 Å². The molecule has 1 aliphatic heterocycles. The molecule has 0 atom stereocenters. The van der Waals surface area contributed by atoms with Gasteiger partial charge >= 0.3 is 6.01 Å². The molecular weight excluding hydrogens is 1010 g/mol. The molecule has 0 amide bonds. The van der Waals surface area contributed by atoms with Crippen molar-refractivity contribution in [3.63, 3.8) is 0 Å². The van der Waals surface area contributed by atoms with Crippen LogP contribution in [0.1, 0.15) is 157 Å². The van der Waals surface area contributed by atoms with Crippen molar-refractivity contribution in [1.82, 2.24) is 18.7 Å². The predicted molar refractivity (Wildman–Crippen MR) is 352 cm³/mol. The first-order valence-electron chi connectivity index (χ1n) is 30.0. The summed E-state index contributed by atoms with van der Waals surface area (Å²) in [4.78, 5) is 5.47.